The van der Waals surface area contributed by atoms with Gasteiger partial charge in [0.15, 0.2) is 5.76 Å². The highest BCUT2D eigenvalue weighted by atomic mass is 16.4. The lowest BCUT2D eigenvalue weighted by Crippen LogP contribution is -2.37. The van der Waals surface area contributed by atoms with Gasteiger partial charge in [-0.15, -0.1) is 0 Å². The SMILES string of the molecule is CC1Cc2ccccc2N1Cc1ccoc1C(=O)N1C[C@@H]2CCC[C@@]2(C(=O)O)C1. The Hall–Kier alpha value is -2.76. The van der Waals surface area contributed by atoms with Crippen LogP contribution in [0.25, 0.3) is 0 Å². The highest BCUT2D eigenvalue weighted by Gasteiger charge is 2.56. The Balaban J connectivity index is 1.37. The summed E-state index contributed by atoms with van der Waals surface area (Å²) >= 11 is 0. The van der Waals surface area contributed by atoms with Crippen molar-refractivity contribution in [2.45, 2.75) is 45.2 Å². The summed E-state index contributed by atoms with van der Waals surface area (Å²) in [6.45, 7) is 3.60. The number of carboxylic acids is 1. The fourth-order valence-electron chi connectivity index (χ4n) is 5.64. The molecule has 152 valence electrons. The van der Waals surface area contributed by atoms with Crippen LogP contribution in [0.1, 0.15) is 47.9 Å². The van der Waals surface area contributed by atoms with E-state index in [2.05, 4.69) is 30.0 Å². The zero-order valence-corrected chi connectivity index (χ0v) is 16.6. The maximum atomic E-state index is 13.2. The molecular weight excluding hydrogens is 368 g/mol. The zero-order chi connectivity index (χ0) is 20.2. The fraction of sp³-hybridized carbons (Fsp3) is 0.478. The third kappa shape index (κ3) is 2.76. The highest BCUT2D eigenvalue weighted by molar-refractivity contribution is 5.94. The molecule has 2 fully saturated rings. The molecule has 0 spiro atoms. The van der Waals surface area contributed by atoms with Crippen molar-refractivity contribution < 1.29 is 19.1 Å². The molecule has 1 saturated heterocycles. The van der Waals surface area contributed by atoms with E-state index in [0.717, 1.165) is 24.8 Å². The second-order valence-corrected chi connectivity index (χ2v) is 8.82. The van der Waals surface area contributed by atoms with Gasteiger partial charge in [-0.05, 0) is 49.8 Å². The molecule has 0 bridgehead atoms. The number of hydrogen-bond donors (Lipinski definition) is 1. The van der Waals surface area contributed by atoms with Crippen molar-refractivity contribution in [3.8, 4) is 0 Å². The molecule has 1 N–H and O–H groups in total. The summed E-state index contributed by atoms with van der Waals surface area (Å²) in [4.78, 5) is 29.2. The van der Waals surface area contributed by atoms with E-state index in [0.29, 0.717) is 31.3 Å². The molecular formula is C23H26N2O4. The van der Waals surface area contributed by atoms with Crippen molar-refractivity contribution in [3.05, 3.63) is 53.5 Å². The summed E-state index contributed by atoms with van der Waals surface area (Å²) in [7, 11) is 0. The number of rotatable bonds is 4. The Labute approximate surface area is 170 Å². The van der Waals surface area contributed by atoms with E-state index in [1.54, 1.807) is 11.2 Å². The molecule has 1 aromatic carbocycles. The summed E-state index contributed by atoms with van der Waals surface area (Å²) in [6, 6.07) is 10.6. The zero-order valence-electron chi connectivity index (χ0n) is 16.6. The summed E-state index contributed by atoms with van der Waals surface area (Å²) in [6.07, 6.45) is 5.02. The Bertz CT molecular complexity index is 967. The second-order valence-electron chi connectivity index (χ2n) is 8.82. The lowest BCUT2D eigenvalue weighted by atomic mass is 9.81. The summed E-state index contributed by atoms with van der Waals surface area (Å²) in [5.41, 5.74) is 2.62. The number of hydrogen-bond acceptors (Lipinski definition) is 4. The third-order valence-corrected chi connectivity index (χ3v) is 7.21. The largest absolute Gasteiger partial charge is 0.481 e. The first-order valence-electron chi connectivity index (χ1n) is 10.4. The molecule has 5 rings (SSSR count). The standard InChI is InChI=1S/C23H26N2O4/c1-15-11-16-5-2-3-7-19(16)25(15)12-17-8-10-29-20(17)21(26)24-13-18-6-4-9-23(18,14-24)22(27)28/h2-3,5,7-8,10,15,18H,4,6,9,11-14H2,1H3,(H,27,28)/t15?,18-,23+/m0/s1. The lowest BCUT2D eigenvalue weighted by Gasteiger charge is -2.25. The minimum atomic E-state index is -0.773. The number of benzene rings is 1. The van der Waals surface area contributed by atoms with Gasteiger partial charge in [-0.1, -0.05) is 24.6 Å². The normalized spacial score (nSPS) is 27.9. The molecule has 2 aliphatic heterocycles. The van der Waals surface area contributed by atoms with E-state index < -0.39 is 11.4 Å². The smallest absolute Gasteiger partial charge is 0.311 e. The Morgan fingerprint density at radius 3 is 2.90 bits per heavy atom. The average molecular weight is 394 g/mol. The van der Waals surface area contributed by atoms with Crippen molar-refractivity contribution in [3.63, 3.8) is 0 Å². The first-order chi connectivity index (χ1) is 14.0. The predicted molar refractivity (Wildman–Crippen MR) is 108 cm³/mol. The molecule has 3 atom stereocenters. The number of carboxylic acid groups (broad SMARTS) is 1. The van der Waals surface area contributed by atoms with Gasteiger partial charge < -0.3 is 19.3 Å². The van der Waals surface area contributed by atoms with Crippen molar-refractivity contribution >= 4 is 17.6 Å². The van der Waals surface area contributed by atoms with E-state index in [4.69, 9.17) is 4.42 Å². The highest BCUT2D eigenvalue weighted by Crippen LogP contribution is 2.49. The number of fused-ring (bicyclic) bond motifs is 2. The topological polar surface area (TPSA) is 74.0 Å². The number of likely N-dealkylation sites (tertiary alicyclic amines) is 1. The van der Waals surface area contributed by atoms with E-state index in [-0.39, 0.29) is 18.4 Å². The molecule has 1 unspecified atom stereocenters. The van der Waals surface area contributed by atoms with E-state index >= 15 is 0 Å². The summed E-state index contributed by atoms with van der Waals surface area (Å²) in [5, 5.41) is 9.80. The number of para-hydroxylation sites is 1. The molecule has 29 heavy (non-hydrogen) atoms. The van der Waals surface area contributed by atoms with Crippen LogP contribution in [-0.4, -0.2) is 41.0 Å². The van der Waals surface area contributed by atoms with Crippen LogP contribution in [0.4, 0.5) is 5.69 Å². The molecule has 1 aromatic heterocycles. The van der Waals surface area contributed by atoms with Crippen molar-refractivity contribution in [1.82, 2.24) is 4.90 Å². The first-order valence-corrected chi connectivity index (χ1v) is 10.4. The molecule has 3 heterocycles. The van der Waals surface area contributed by atoms with Crippen LogP contribution >= 0.6 is 0 Å². The van der Waals surface area contributed by atoms with Gasteiger partial charge >= 0.3 is 5.97 Å². The van der Waals surface area contributed by atoms with Gasteiger partial charge in [0.05, 0.1) is 11.7 Å². The molecule has 1 aliphatic carbocycles. The number of carbonyl (C=O) groups is 2. The van der Waals surface area contributed by atoms with Crippen LogP contribution in [0.2, 0.25) is 0 Å². The van der Waals surface area contributed by atoms with Crippen LogP contribution in [0.15, 0.2) is 41.0 Å². The van der Waals surface area contributed by atoms with Gasteiger partial charge in [-0.2, -0.15) is 0 Å². The molecule has 3 aliphatic rings. The van der Waals surface area contributed by atoms with Gasteiger partial charge in [-0.3, -0.25) is 9.59 Å². The van der Waals surface area contributed by atoms with Crippen molar-refractivity contribution in [1.29, 1.82) is 0 Å². The molecule has 6 heteroatoms. The first kappa shape index (κ1) is 18.3. The van der Waals surface area contributed by atoms with Crippen LogP contribution in [0.3, 0.4) is 0 Å². The van der Waals surface area contributed by atoms with Gasteiger partial charge in [0, 0.05) is 36.9 Å². The number of nitrogens with zero attached hydrogens (tertiary/aromatic N) is 2. The van der Waals surface area contributed by atoms with E-state index in [1.165, 1.54) is 11.3 Å². The Kier molecular flexibility index (Phi) is 4.19. The van der Waals surface area contributed by atoms with E-state index in [1.807, 2.05) is 12.1 Å². The second kappa shape index (κ2) is 6.65. The van der Waals surface area contributed by atoms with Crippen LogP contribution in [0, 0.1) is 11.3 Å². The molecule has 6 nitrogen and oxygen atoms in total. The third-order valence-electron chi connectivity index (χ3n) is 7.21. The quantitative estimate of drug-likeness (QED) is 0.858. The predicted octanol–water partition coefficient (Wildman–Crippen LogP) is 3.56. The maximum absolute atomic E-state index is 13.2. The van der Waals surface area contributed by atoms with Crippen LogP contribution in [0.5, 0.6) is 0 Å². The summed E-state index contributed by atoms with van der Waals surface area (Å²) in [5.74, 6) is -0.549. The van der Waals surface area contributed by atoms with Gasteiger partial charge in [0.2, 0.25) is 0 Å². The average Bonchev–Trinajstić information content (AvgIpc) is 3.44. The van der Waals surface area contributed by atoms with Gasteiger partial charge in [0.25, 0.3) is 5.91 Å². The number of carbonyl (C=O) groups excluding carboxylic acids is 1. The summed E-state index contributed by atoms with van der Waals surface area (Å²) < 4.78 is 5.62. The number of furan rings is 1. The maximum Gasteiger partial charge on any atom is 0.311 e. The molecule has 2 aromatic rings. The fourth-order valence-corrected chi connectivity index (χ4v) is 5.64. The minimum Gasteiger partial charge on any atom is -0.481 e. The lowest BCUT2D eigenvalue weighted by molar-refractivity contribution is -0.149. The van der Waals surface area contributed by atoms with Crippen molar-refractivity contribution in [2.24, 2.45) is 11.3 Å². The molecule has 0 radical (unpaired) electrons. The van der Waals surface area contributed by atoms with Gasteiger partial charge in [-0.25, -0.2) is 0 Å². The number of aliphatic carboxylic acids is 1. The number of amides is 1. The van der Waals surface area contributed by atoms with Crippen LogP contribution in [-0.2, 0) is 17.8 Å². The van der Waals surface area contributed by atoms with Crippen molar-refractivity contribution in [2.75, 3.05) is 18.0 Å². The molecule has 1 saturated carbocycles. The van der Waals surface area contributed by atoms with E-state index in [9.17, 15) is 14.7 Å². The van der Waals surface area contributed by atoms with Crippen LogP contribution < -0.4 is 4.90 Å². The minimum absolute atomic E-state index is 0.0489. The molecule has 1 amide bonds. The number of anilines is 1. The Morgan fingerprint density at radius 2 is 2.10 bits per heavy atom. The van der Waals surface area contributed by atoms with Gasteiger partial charge in [0.1, 0.15) is 0 Å². The monoisotopic (exact) mass is 394 g/mol. The Morgan fingerprint density at radius 1 is 1.28 bits per heavy atom.